The fourth-order valence-electron chi connectivity index (χ4n) is 2.71. The molecule has 0 atom stereocenters. The Hall–Kier alpha value is -3.80. The number of rotatable bonds is 4. The molecule has 0 aliphatic carbocycles. The van der Waals surface area contributed by atoms with Crippen molar-refractivity contribution in [3.05, 3.63) is 96.1 Å². The molecule has 2 heterocycles. The van der Waals surface area contributed by atoms with E-state index in [1.807, 2.05) is 60.7 Å². The topological polar surface area (TPSA) is 74.8 Å². The molecule has 0 fully saturated rings. The highest BCUT2D eigenvalue weighted by Gasteiger charge is 2.23. The normalized spacial score (nSPS) is 15.3. The van der Waals surface area contributed by atoms with Crippen molar-refractivity contribution in [1.82, 2.24) is 9.80 Å². The number of hydrogen-bond donors (Lipinski definition) is 0. The number of imide groups is 2. The Bertz CT molecular complexity index is 834. The first-order valence-electron chi connectivity index (χ1n) is 8.69. The molecule has 2 aliphatic rings. The van der Waals surface area contributed by atoms with E-state index in [9.17, 15) is 19.2 Å². The lowest BCUT2D eigenvalue weighted by atomic mass is 10.2. The van der Waals surface area contributed by atoms with Crippen LogP contribution in [0.2, 0.25) is 0 Å². The summed E-state index contributed by atoms with van der Waals surface area (Å²) in [5.41, 5.74) is 1.91. The molecule has 0 unspecified atom stereocenters. The van der Waals surface area contributed by atoms with Crippen molar-refractivity contribution in [2.45, 2.75) is 13.1 Å². The fraction of sp³-hybridized carbons (Fsp3) is 0.0909. The van der Waals surface area contributed by atoms with E-state index in [0.717, 1.165) is 11.1 Å². The molecule has 4 rings (SSSR count). The van der Waals surface area contributed by atoms with Crippen molar-refractivity contribution in [1.29, 1.82) is 0 Å². The van der Waals surface area contributed by atoms with Crippen LogP contribution in [-0.2, 0) is 32.3 Å². The van der Waals surface area contributed by atoms with E-state index < -0.39 is 0 Å². The first kappa shape index (κ1) is 19.0. The van der Waals surface area contributed by atoms with E-state index in [-0.39, 0.29) is 23.6 Å². The van der Waals surface area contributed by atoms with Gasteiger partial charge in [0.05, 0.1) is 13.1 Å². The van der Waals surface area contributed by atoms with Gasteiger partial charge in [-0.1, -0.05) is 60.7 Å². The van der Waals surface area contributed by atoms with Crippen molar-refractivity contribution >= 4 is 23.6 Å². The minimum Gasteiger partial charge on any atom is -0.271 e. The Labute approximate surface area is 162 Å². The third-order valence-electron chi connectivity index (χ3n) is 4.17. The van der Waals surface area contributed by atoms with Gasteiger partial charge in [0.15, 0.2) is 0 Å². The average Bonchev–Trinajstić information content (AvgIpc) is 3.20. The Morgan fingerprint density at radius 3 is 1.04 bits per heavy atom. The van der Waals surface area contributed by atoms with E-state index in [0.29, 0.717) is 13.1 Å². The summed E-state index contributed by atoms with van der Waals surface area (Å²) in [7, 11) is 0. The van der Waals surface area contributed by atoms with Gasteiger partial charge in [-0.05, 0) is 11.1 Å². The molecule has 4 amide bonds. The van der Waals surface area contributed by atoms with Crippen LogP contribution in [0.1, 0.15) is 11.1 Å². The summed E-state index contributed by atoms with van der Waals surface area (Å²) in [5.74, 6) is -0.949. The van der Waals surface area contributed by atoms with Gasteiger partial charge >= 0.3 is 0 Å². The van der Waals surface area contributed by atoms with E-state index in [1.165, 1.54) is 34.1 Å². The molecule has 0 aromatic heterocycles. The van der Waals surface area contributed by atoms with Crippen LogP contribution in [0.25, 0.3) is 0 Å². The van der Waals surface area contributed by atoms with Crippen molar-refractivity contribution in [3.8, 4) is 0 Å². The van der Waals surface area contributed by atoms with Gasteiger partial charge in [-0.2, -0.15) is 0 Å². The number of nitrogens with zero attached hydrogens (tertiary/aromatic N) is 2. The molecule has 2 aliphatic heterocycles. The predicted octanol–water partition coefficient (Wildman–Crippen LogP) is 2.22. The first-order valence-corrected chi connectivity index (χ1v) is 8.69. The molecule has 0 N–H and O–H groups in total. The molecule has 0 spiro atoms. The summed E-state index contributed by atoms with van der Waals surface area (Å²) in [6.07, 6.45) is 5.19. The zero-order chi connectivity index (χ0) is 19.9. The van der Waals surface area contributed by atoms with E-state index in [1.54, 1.807) is 0 Å². The molecular weight excluding hydrogens is 356 g/mol. The van der Waals surface area contributed by atoms with Crippen LogP contribution in [-0.4, -0.2) is 33.4 Å². The van der Waals surface area contributed by atoms with Gasteiger partial charge < -0.3 is 0 Å². The second kappa shape index (κ2) is 8.73. The lowest BCUT2D eigenvalue weighted by Crippen LogP contribution is -2.29. The van der Waals surface area contributed by atoms with Gasteiger partial charge in [0, 0.05) is 24.3 Å². The second-order valence-corrected chi connectivity index (χ2v) is 6.16. The van der Waals surface area contributed by atoms with Crippen LogP contribution in [0.4, 0.5) is 0 Å². The van der Waals surface area contributed by atoms with Crippen molar-refractivity contribution in [2.75, 3.05) is 0 Å². The Morgan fingerprint density at radius 2 is 0.750 bits per heavy atom. The number of benzene rings is 2. The molecule has 0 radical (unpaired) electrons. The molecule has 2 aromatic rings. The van der Waals surface area contributed by atoms with Gasteiger partial charge in [-0.3, -0.25) is 29.0 Å². The minimum atomic E-state index is -0.237. The number of carbonyl (C=O) groups excluding carboxylic acids is 4. The Morgan fingerprint density at radius 1 is 0.464 bits per heavy atom. The van der Waals surface area contributed by atoms with Crippen LogP contribution in [0.15, 0.2) is 85.0 Å². The largest absolute Gasteiger partial charge is 0.271 e. The molecule has 6 heteroatoms. The van der Waals surface area contributed by atoms with Gasteiger partial charge in [0.25, 0.3) is 23.6 Å². The zero-order valence-corrected chi connectivity index (χ0v) is 15.0. The summed E-state index contributed by atoms with van der Waals surface area (Å²) < 4.78 is 0. The average molecular weight is 374 g/mol. The number of hydrogen-bond acceptors (Lipinski definition) is 4. The lowest BCUT2D eigenvalue weighted by molar-refractivity contribution is -0.139. The Balaban J connectivity index is 0.000000161. The lowest BCUT2D eigenvalue weighted by Gasteiger charge is -2.13. The van der Waals surface area contributed by atoms with E-state index in [4.69, 9.17) is 0 Å². The molecule has 0 saturated heterocycles. The van der Waals surface area contributed by atoms with E-state index >= 15 is 0 Å². The second-order valence-electron chi connectivity index (χ2n) is 6.16. The first-order chi connectivity index (χ1) is 13.5. The highest BCUT2D eigenvalue weighted by atomic mass is 16.2. The summed E-state index contributed by atoms with van der Waals surface area (Å²) >= 11 is 0. The van der Waals surface area contributed by atoms with Crippen LogP contribution in [0.3, 0.4) is 0 Å². The summed E-state index contributed by atoms with van der Waals surface area (Å²) in [6, 6.07) is 18.9. The quantitative estimate of drug-likeness (QED) is 0.769. The van der Waals surface area contributed by atoms with Gasteiger partial charge in [0.1, 0.15) is 0 Å². The molecule has 6 nitrogen and oxygen atoms in total. The summed E-state index contributed by atoms with van der Waals surface area (Å²) in [6.45, 7) is 0.705. The molecule has 140 valence electrons. The molecule has 0 bridgehead atoms. The van der Waals surface area contributed by atoms with Crippen LogP contribution in [0.5, 0.6) is 0 Å². The number of carbonyl (C=O) groups is 4. The third-order valence-corrected chi connectivity index (χ3v) is 4.17. The van der Waals surface area contributed by atoms with Crippen LogP contribution in [0, 0.1) is 0 Å². The SMILES string of the molecule is O=C1C=CC(=O)N1Cc1ccccc1.O=C1C=CC(=O)N1Cc1ccccc1. The van der Waals surface area contributed by atoms with Gasteiger partial charge in [-0.15, -0.1) is 0 Å². The molecular formula is C22H18N2O4. The van der Waals surface area contributed by atoms with Crippen LogP contribution < -0.4 is 0 Å². The fourth-order valence-corrected chi connectivity index (χ4v) is 2.71. The maximum absolute atomic E-state index is 11.2. The van der Waals surface area contributed by atoms with Crippen molar-refractivity contribution in [2.24, 2.45) is 0 Å². The maximum atomic E-state index is 11.2. The maximum Gasteiger partial charge on any atom is 0.253 e. The van der Waals surface area contributed by atoms with Gasteiger partial charge in [-0.25, -0.2) is 0 Å². The summed E-state index contributed by atoms with van der Waals surface area (Å²) in [5, 5.41) is 0. The Kier molecular flexibility index (Phi) is 5.91. The monoisotopic (exact) mass is 374 g/mol. The third kappa shape index (κ3) is 4.67. The molecule has 0 saturated carbocycles. The zero-order valence-electron chi connectivity index (χ0n) is 15.0. The predicted molar refractivity (Wildman–Crippen MR) is 102 cm³/mol. The minimum absolute atomic E-state index is 0.237. The van der Waals surface area contributed by atoms with Crippen molar-refractivity contribution in [3.63, 3.8) is 0 Å². The highest BCUT2D eigenvalue weighted by Crippen LogP contribution is 2.11. The summed E-state index contributed by atoms with van der Waals surface area (Å²) in [4.78, 5) is 47.3. The number of amides is 4. The molecule has 28 heavy (non-hydrogen) atoms. The molecule has 2 aromatic carbocycles. The smallest absolute Gasteiger partial charge is 0.253 e. The van der Waals surface area contributed by atoms with Gasteiger partial charge in [0.2, 0.25) is 0 Å². The van der Waals surface area contributed by atoms with E-state index in [2.05, 4.69) is 0 Å². The standard InChI is InChI=1S/2C11H9NO2/c2*13-10-6-7-11(14)12(10)8-9-4-2-1-3-5-9/h2*1-7H,8H2. The van der Waals surface area contributed by atoms with Crippen molar-refractivity contribution < 1.29 is 19.2 Å². The van der Waals surface area contributed by atoms with Crippen LogP contribution >= 0.6 is 0 Å². The highest BCUT2D eigenvalue weighted by molar-refractivity contribution is 6.13.